The van der Waals surface area contributed by atoms with Crippen molar-refractivity contribution >= 4 is 18.0 Å². The van der Waals surface area contributed by atoms with Gasteiger partial charge in [-0.25, -0.2) is 4.79 Å². The molecule has 0 spiro atoms. The van der Waals surface area contributed by atoms with E-state index < -0.39 is 5.97 Å². The Balaban J connectivity index is 2.71. The van der Waals surface area contributed by atoms with Gasteiger partial charge in [0.2, 0.25) is 5.91 Å². The number of carbonyl (C=O) groups excluding carboxylic acids is 1. The molecule has 0 aromatic heterocycles. The lowest BCUT2D eigenvalue weighted by molar-refractivity contribution is -0.131. The van der Waals surface area contributed by atoms with Crippen LogP contribution in [0.5, 0.6) is 11.5 Å². The van der Waals surface area contributed by atoms with Crippen LogP contribution in [0.15, 0.2) is 24.3 Å². The number of carboxylic acids is 1. The highest BCUT2D eigenvalue weighted by atomic mass is 16.5. The van der Waals surface area contributed by atoms with E-state index in [1.807, 2.05) is 0 Å². The number of aliphatic carboxylic acids is 1. The Morgan fingerprint density at radius 1 is 1.38 bits per heavy atom. The SMILES string of the molecule is CNC(=O)CCCOc1ccc(OC)cc1C=CC(=O)O. The topological polar surface area (TPSA) is 84.9 Å². The first kappa shape index (κ1) is 16.6. The third-order valence-electron chi connectivity index (χ3n) is 2.71. The monoisotopic (exact) mass is 293 g/mol. The Labute approximate surface area is 123 Å². The maximum atomic E-state index is 11.1. The first-order chi connectivity index (χ1) is 10.1. The van der Waals surface area contributed by atoms with E-state index in [9.17, 15) is 9.59 Å². The van der Waals surface area contributed by atoms with Crippen molar-refractivity contribution in [3.05, 3.63) is 29.8 Å². The summed E-state index contributed by atoms with van der Waals surface area (Å²) in [5, 5.41) is 11.2. The molecule has 114 valence electrons. The normalized spacial score (nSPS) is 10.4. The van der Waals surface area contributed by atoms with E-state index in [4.69, 9.17) is 14.6 Å². The average molecular weight is 293 g/mol. The number of carbonyl (C=O) groups is 2. The van der Waals surface area contributed by atoms with Gasteiger partial charge in [-0.15, -0.1) is 0 Å². The standard InChI is InChI=1S/C15H19NO5/c1-16-14(17)4-3-9-21-13-7-6-12(20-2)10-11(13)5-8-15(18)19/h5-8,10H,3-4,9H2,1-2H3,(H,16,17)(H,18,19). The van der Waals surface area contributed by atoms with Gasteiger partial charge in [0, 0.05) is 25.1 Å². The van der Waals surface area contributed by atoms with Crippen LogP contribution in [0.4, 0.5) is 0 Å². The van der Waals surface area contributed by atoms with Crippen molar-refractivity contribution in [1.82, 2.24) is 5.32 Å². The fourth-order valence-corrected chi connectivity index (χ4v) is 1.62. The fourth-order valence-electron chi connectivity index (χ4n) is 1.62. The van der Waals surface area contributed by atoms with Gasteiger partial charge in [0.1, 0.15) is 11.5 Å². The molecule has 6 heteroatoms. The first-order valence-corrected chi connectivity index (χ1v) is 6.49. The Bertz CT molecular complexity index is 525. The Hall–Kier alpha value is -2.50. The van der Waals surface area contributed by atoms with Crippen molar-refractivity contribution in [1.29, 1.82) is 0 Å². The molecule has 0 heterocycles. The third kappa shape index (κ3) is 5.99. The van der Waals surface area contributed by atoms with Gasteiger partial charge in [0.15, 0.2) is 0 Å². The average Bonchev–Trinajstić information content (AvgIpc) is 2.49. The van der Waals surface area contributed by atoms with Gasteiger partial charge in [-0.05, 0) is 30.7 Å². The molecule has 0 aliphatic rings. The lowest BCUT2D eigenvalue weighted by Crippen LogP contribution is -2.18. The molecule has 0 radical (unpaired) electrons. The van der Waals surface area contributed by atoms with Crippen LogP contribution in [0, 0.1) is 0 Å². The predicted octanol–water partition coefficient (Wildman–Crippen LogP) is 1.70. The summed E-state index contributed by atoms with van der Waals surface area (Å²) < 4.78 is 10.7. The quantitative estimate of drug-likeness (QED) is 0.563. The molecule has 0 unspecified atom stereocenters. The van der Waals surface area contributed by atoms with Gasteiger partial charge < -0.3 is 19.9 Å². The van der Waals surface area contributed by atoms with Crippen LogP contribution in [-0.2, 0) is 9.59 Å². The van der Waals surface area contributed by atoms with Crippen LogP contribution in [0.1, 0.15) is 18.4 Å². The zero-order chi connectivity index (χ0) is 15.7. The summed E-state index contributed by atoms with van der Waals surface area (Å²) in [6.45, 7) is 0.369. The Kier molecular flexibility index (Phi) is 6.80. The van der Waals surface area contributed by atoms with Gasteiger partial charge >= 0.3 is 5.97 Å². The summed E-state index contributed by atoms with van der Waals surface area (Å²) in [6.07, 6.45) is 3.44. The molecule has 0 saturated heterocycles. The van der Waals surface area contributed by atoms with Crippen LogP contribution in [-0.4, -0.2) is 37.7 Å². The zero-order valence-corrected chi connectivity index (χ0v) is 12.1. The van der Waals surface area contributed by atoms with Gasteiger partial charge in [-0.3, -0.25) is 4.79 Å². The van der Waals surface area contributed by atoms with Crippen LogP contribution in [0.25, 0.3) is 6.08 Å². The molecule has 21 heavy (non-hydrogen) atoms. The van der Waals surface area contributed by atoms with E-state index in [1.165, 1.54) is 13.2 Å². The van der Waals surface area contributed by atoms with Crippen molar-refractivity contribution in [3.8, 4) is 11.5 Å². The van der Waals surface area contributed by atoms with E-state index in [1.54, 1.807) is 25.2 Å². The molecule has 0 aliphatic carbocycles. The van der Waals surface area contributed by atoms with E-state index in [-0.39, 0.29) is 5.91 Å². The van der Waals surface area contributed by atoms with Crippen molar-refractivity contribution in [2.45, 2.75) is 12.8 Å². The minimum Gasteiger partial charge on any atom is -0.497 e. The number of nitrogens with one attached hydrogen (secondary N) is 1. The van der Waals surface area contributed by atoms with Crippen molar-refractivity contribution in [2.24, 2.45) is 0 Å². The molecular formula is C15H19NO5. The largest absolute Gasteiger partial charge is 0.497 e. The number of hydrogen-bond acceptors (Lipinski definition) is 4. The smallest absolute Gasteiger partial charge is 0.328 e. The van der Waals surface area contributed by atoms with E-state index in [2.05, 4.69) is 5.32 Å². The van der Waals surface area contributed by atoms with Crippen LogP contribution >= 0.6 is 0 Å². The number of methoxy groups -OCH3 is 1. The maximum Gasteiger partial charge on any atom is 0.328 e. The minimum absolute atomic E-state index is 0.0423. The zero-order valence-electron chi connectivity index (χ0n) is 12.1. The molecule has 1 aromatic carbocycles. The Morgan fingerprint density at radius 3 is 2.76 bits per heavy atom. The summed E-state index contributed by atoms with van der Waals surface area (Å²) in [7, 11) is 3.12. The predicted molar refractivity (Wildman–Crippen MR) is 78.5 cm³/mol. The van der Waals surface area contributed by atoms with Gasteiger partial charge in [-0.2, -0.15) is 0 Å². The van der Waals surface area contributed by atoms with Crippen LogP contribution in [0.2, 0.25) is 0 Å². The molecular weight excluding hydrogens is 274 g/mol. The molecule has 2 N–H and O–H groups in total. The van der Waals surface area contributed by atoms with E-state index in [0.29, 0.717) is 36.5 Å². The number of ether oxygens (including phenoxy) is 2. The highest BCUT2D eigenvalue weighted by Crippen LogP contribution is 2.25. The second-order valence-electron chi connectivity index (χ2n) is 4.20. The summed E-state index contributed by atoms with van der Waals surface area (Å²) in [6, 6.07) is 5.12. The van der Waals surface area contributed by atoms with Crippen molar-refractivity contribution < 1.29 is 24.2 Å². The summed E-state index contributed by atoms with van der Waals surface area (Å²) >= 11 is 0. The van der Waals surface area contributed by atoms with Gasteiger partial charge in [-0.1, -0.05) is 0 Å². The number of rotatable bonds is 8. The van der Waals surface area contributed by atoms with Crippen molar-refractivity contribution in [2.75, 3.05) is 20.8 Å². The second-order valence-corrected chi connectivity index (χ2v) is 4.20. The summed E-state index contributed by atoms with van der Waals surface area (Å²) in [4.78, 5) is 21.7. The number of hydrogen-bond donors (Lipinski definition) is 2. The van der Waals surface area contributed by atoms with Gasteiger partial charge in [0.25, 0.3) is 0 Å². The molecule has 6 nitrogen and oxygen atoms in total. The molecule has 0 bridgehead atoms. The highest BCUT2D eigenvalue weighted by Gasteiger charge is 2.05. The van der Waals surface area contributed by atoms with E-state index in [0.717, 1.165) is 6.08 Å². The molecule has 0 aliphatic heterocycles. The molecule has 0 fully saturated rings. The Morgan fingerprint density at radius 2 is 2.14 bits per heavy atom. The molecule has 1 aromatic rings. The van der Waals surface area contributed by atoms with Crippen LogP contribution < -0.4 is 14.8 Å². The molecule has 0 atom stereocenters. The van der Waals surface area contributed by atoms with Crippen LogP contribution in [0.3, 0.4) is 0 Å². The fraction of sp³-hybridized carbons (Fsp3) is 0.333. The summed E-state index contributed by atoms with van der Waals surface area (Å²) in [5.74, 6) is 0.0747. The third-order valence-corrected chi connectivity index (χ3v) is 2.71. The number of benzene rings is 1. The maximum absolute atomic E-state index is 11.1. The molecule has 1 amide bonds. The van der Waals surface area contributed by atoms with E-state index >= 15 is 0 Å². The number of amides is 1. The summed E-state index contributed by atoms with van der Waals surface area (Å²) in [5.41, 5.74) is 0.608. The lowest BCUT2D eigenvalue weighted by Gasteiger charge is -2.10. The number of carboxylic acid groups (broad SMARTS) is 1. The van der Waals surface area contributed by atoms with Crippen molar-refractivity contribution in [3.63, 3.8) is 0 Å². The first-order valence-electron chi connectivity index (χ1n) is 6.49. The minimum atomic E-state index is -1.04. The lowest BCUT2D eigenvalue weighted by atomic mass is 10.1. The second kappa shape index (κ2) is 8.63. The molecule has 0 saturated carbocycles. The van der Waals surface area contributed by atoms with Gasteiger partial charge in [0.05, 0.1) is 13.7 Å². The highest BCUT2D eigenvalue weighted by molar-refractivity contribution is 5.86. The molecule has 1 rings (SSSR count).